The van der Waals surface area contributed by atoms with Crippen molar-refractivity contribution in [3.8, 4) is 5.75 Å². The van der Waals surface area contributed by atoms with Crippen LogP contribution in [0.2, 0.25) is 0 Å². The van der Waals surface area contributed by atoms with Gasteiger partial charge in [-0.3, -0.25) is 0 Å². The lowest BCUT2D eigenvalue weighted by molar-refractivity contribution is -0.0917. The van der Waals surface area contributed by atoms with Crippen LogP contribution in [0.25, 0.3) is 10.8 Å². The minimum atomic E-state index is -0.507. The maximum atomic E-state index is 6.32. The largest absolute Gasteiger partial charge is 0.466 e. The summed E-state index contributed by atoms with van der Waals surface area (Å²) in [5.41, 5.74) is 2.93. The Kier molecular flexibility index (Phi) is 3.89. The van der Waals surface area contributed by atoms with Gasteiger partial charge in [0.05, 0.1) is 16.2 Å². The molecule has 0 amide bonds. The molecule has 3 aromatic rings. The average Bonchev–Trinajstić information content (AvgIpc) is 3.09. The summed E-state index contributed by atoms with van der Waals surface area (Å²) in [5.74, 6) is 0.916. The fraction of sp³-hybridized carbons (Fsp3) is 0.227. The van der Waals surface area contributed by atoms with Crippen molar-refractivity contribution >= 4 is 48.3 Å². The first-order chi connectivity index (χ1) is 12.9. The van der Waals surface area contributed by atoms with Crippen LogP contribution in [0.5, 0.6) is 5.75 Å². The predicted octanol–water partition coefficient (Wildman–Crippen LogP) is 6.64. The molecule has 2 aliphatic rings. The molecule has 27 heavy (non-hydrogen) atoms. The van der Waals surface area contributed by atoms with Crippen LogP contribution in [-0.2, 0) is 0 Å². The lowest BCUT2D eigenvalue weighted by Gasteiger charge is -2.44. The molecule has 3 aromatic carbocycles. The topological polar surface area (TPSA) is 24.8 Å². The van der Waals surface area contributed by atoms with Crippen LogP contribution in [0.15, 0.2) is 68.6 Å². The van der Waals surface area contributed by atoms with Gasteiger partial charge in [-0.05, 0) is 64.3 Å². The first-order valence-electron chi connectivity index (χ1n) is 8.96. The number of hydrazone groups is 1. The van der Waals surface area contributed by atoms with Crippen LogP contribution in [0.1, 0.15) is 37.4 Å². The minimum Gasteiger partial charge on any atom is -0.466 e. The van der Waals surface area contributed by atoms with Crippen LogP contribution in [0, 0.1) is 0 Å². The van der Waals surface area contributed by atoms with E-state index in [0.29, 0.717) is 0 Å². The highest BCUT2D eigenvalue weighted by Crippen LogP contribution is 2.50. The normalized spacial score (nSPS) is 20.1. The molecule has 0 saturated carbocycles. The zero-order valence-corrected chi connectivity index (χ0v) is 18.2. The Hall–Kier alpha value is -1.85. The molecule has 0 aliphatic carbocycles. The molecular formula is C22H18Br2N2O. The van der Waals surface area contributed by atoms with Gasteiger partial charge >= 0.3 is 0 Å². The molecule has 0 N–H and O–H groups in total. The third-order valence-corrected chi connectivity index (χ3v) is 6.34. The number of benzene rings is 3. The molecule has 0 spiro atoms. The smallest absolute Gasteiger partial charge is 0.192 e. The van der Waals surface area contributed by atoms with Crippen molar-refractivity contribution in [2.45, 2.75) is 32.0 Å². The molecule has 5 rings (SSSR count). The van der Waals surface area contributed by atoms with Crippen molar-refractivity contribution in [3.63, 3.8) is 0 Å². The summed E-state index contributed by atoms with van der Waals surface area (Å²) < 4.78 is 8.33. The Morgan fingerprint density at radius 3 is 2.63 bits per heavy atom. The second kappa shape index (κ2) is 6.08. The fourth-order valence-corrected chi connectivity index (χ4v) is 5.36. The van der Waals surface area contributed by atoms with Gasteiger partial charge in [0.15, 0.2) is 5.72 Å². The van der Waals surface area contributed by atoms with Crippen molar-refractivity contribution in [2.75, 3.05) is 0 Å². The van der Waals surface area contributed by atoms with Crippen molar-refractivity contribution in [3.05, 3.63) is 74.7 Å². The van der Waals surface area contributed by atoms with Crippen LogP contribution in [0.4, 0.5) is 0 Å². The number of hydrogen-bond donors (Lipinski definition) is 0. The molecule has 0 bridgehead atoms. The van der Waals surface area contributed by atoms with E-state index in [0.717, 1.165) is 32.4 Å². The van der Waals surface area contributed by atoms with E-state index in [2.05, 4.69) is 99.2 Å². The molecule has 1 atom stereocenters. The Morgan fingerprint density at radius 2 is 1.81 bits per heavy atom. The van der Waals surface area contributed by atoms with E-state index in [1.807, 2.05) is 6.07 Å². The van der Waals surface area contributed by atoms with Crippen LogP contribution in [-0.4, -0.2) is 16.4 Å². The second-order valence-electron chi connectivity index (χ2n) is 7.53. The number of halogens is 2. The third kappa shape index (κ3) is 2.79. The van der Waals surface area contributed by atoms with E-state index >= 15 is 0 Å². The van der Waals surface area contributed by atoms with Gasteiger partial charge in [0.25, 0.3) is 0 Å². The van der Waals surface area contributed by atoms with Crippen LogP contribution < -0.4 is 4.74 Å². The molecule has 2 heterocycles. The highest BCUT2D eigenvalue weighted by atomic mass is 79.9. The number of hydrogen-bond acceptors (Lipinski definition) is 3. The standard InChI is InChI=1S/C22H18Br2N2O/c1-22(2)26-20(17-10-16(23)11-18(24)21(17)27-22)12-19(25-26)15-8-7-13-5-3-4-6-14(13)9-15/h3-11,20H,12H2,1-2H3/t20-/m0/s1. The number of rotatable bonds is 1. The molecule has 0 aromatic heterocycles. The van der Waals surface area contributed by atoms with Crippen LogP contribution >= 0.6 is 31.9 Å². The van der Waals surface area contributed by atoms with Gasteiger partial charge < -0.3 is 4.74 Å². The van der Waals surface area contributed by atoms with E-state index in [-0.39, 0.29) is 6.04 Å². The molecule has 136 valence electrons. The minimum absolute atomic E-state index is 0.166. The molecular weight excluding hydrogens is 468 g/mol. The average molecular weight is 486 g/mol. The highest BCUT2D eigenvalue weighted by molar-refractivity contribution is 9.11. The molecule has 2 aliphatic heterocycles. The Morgan fingerprint density at radius 1 is 1.04 bits per heavy atom. The third-order valence-electron chi connectivity index (χ3n) is 5.29. The maximum absolute atomic E-state index is 6.32. The summed E-state index contributed by atoms with van der Waals surface area (Å²) in [5, 5.41) is 9.59. The van der Waals surface area contributed by atoms with Gasteiger partial charge in [-0.2, -0.15) is 5.10 Å². The molecule has 0 saturated heterocycles. The summed E-state index contributed by atoms with van der Waals surface area (Å²) in [7, 11) is 0. The summed E-state index contributed by atoms with van der Waals surface area (Å²) in [6.45, 7) is 4.15. The summed E-state index contributed by atoms with van der Waals surface area (Å²) in [6, 6.07) is 19.4. The van der Waals surface area contributed by atoms with Gasteiger partial charge in [0.2, 0.25) is 0 Å². The molecule has 0 unspecified atom stereocenters. The SMILES string of the molecule is CC1(C)Oc2c(Br)cc(Br)cc2[C@@H]2CC(c3ccc4ccccc4c3)=NN21. The fourth-order valence-electron chi connectivity index (χ4n) is 4.02. The van der Waals surface area contributed by atoms with Crippen molar-refractivity contribution in [2.24, 2.45) is 5.10 Å². The lowest BCUT2D eigenvalue weighted by atomic mass is 9.94. The van der Waals surface area contributed by atoms with Gasteiger partial charge in [0, 0.05) is 16.5 Å². The molecule has 5 heteroatoms. The summed E-state index contributed by atoms with van der Waals surface area (Å²) >= 11 is 7.27. The molecule has 0 radical (unpaired) electrons. The number of fused-ring (bicyclic) bond motifs is 4. The monoisotopic (exact) mass is 484 g/mol. The van der Waals surface area contributed by atoms with Crippen molar-refractivity contribution < 1.29 is 4.74 Å². The van der Waals surface area contributed by atoms with Gasteiger partial charge in [0.1, 0.15) is 5.75 Å². The number of nitrogens with zero attached hydrogens (tertiary/aromatic N) is 2. The van der Waals surface area contributed by atoms with Crippen LogP contribution in [0.3, 0.4) is 0 Å². The van der Waals surface area contributed by atoms with Gasteiger partial charge in [-0.15, -0.1) is 0 Å². The zero-order chi connectivity index (χ0) is 18.8. The second-order valence-corrected chi connectivity index (χ2v) is 9.30. The van der Waals surface area contributed by atoms with E-state index in [4.69, 9.17) is 9.84 Å². The van der Waals surface area contributed by atoms with Crippen molar-refractivity contribution in [1.29, 1.82) is 0 Å². The summed E-state index contributed by atoms with van der Waals surface area (Å²) in [6.07, 6.45) is 0.862. The molecule has 0 fully saturated rings. The Labute approximate surface area is 175 Å². The predicted molar refractivity (Wildman–Crippen MR) is 116 cm³/mol. The first-order valence-corrected chi connectivity index (χ1v) is 10.5. The summed E-state index contributed by atoms with van der Waals surface area (Å²) in [4.78, 5) is 0. The van der Waals surface area contributed by atoms with Crippen molar-refractivity contribution in [1.82, 2.24) is 5.01 Å². The first kappa shape index (κ1) is 17.3. The quantitative estimate of drug-likeness (QED) is 0.385. The van der Waals surface area contributed by atoms with E-state index in [1.165, 1.54) is 16.3 Å². The van der Waals surface area contributed by atoms with E-state index in [1.54, 1.807) is 0 Å². The van der Waals surface area contributed by atoms with Gasteiger partial charge in [-0.1, -0.05) is 52.3 Å². The Balaban J connectivity index is 1.60. The zero-order valence-electron chi connectivity index (χ0n) is 15.0. The Bertz CT molecular complexity index is 1110. The highest BCUT2D eigenvalue weighted by Gasteiger charge is 2.45. The van der Waals surface area contributed by atoms with E-state index < -0.39 is 5.72 Å². The van der Waals surface area contributed by atoms with E-state index in [9.17, 15) is 0 Å². The number of ether oxygens (including phenoxy) is 1. The lowest BCUT2D eigenvalue weighted by Crippen LogP contribution is -2.48. The van der Waals surface area contributed by atoms with Gasteiger partial charge in [-0.25, -0.2) is 5.01 Å². The molecule has 3 nitrogen and oxygen atoms in total. The maximum Gasteiger partial charge on any atom is 0.192 e.